The molecule has 4 rings (SSSR count). The molecule has 0 amide bonds. The van der Waals surface area contributed by atoms with Gasteiger partial charge in [-0.1, -0.05) is 36.4 Å². The summed E-state index contributed by atoms with van der Waals surface area (Å²) in [4.78, 5) is -0.109. The molecule has 29 heavy (non-hydrogen) atoms. The first-order valence-corrected chi connectivity index (χ1v) is 10.5. The summed E-state index contributed by atoms with van der Waals surface area (Å²) < 4.78 is 31.7. The third-order valence-corrected chi connectivity index (χ3v) is 5.59. The molecule has 0 aromatic heterocycles. The molecular weight excluding hydrogens is 384 g/mol. The molecule has 0 radical (unpaired) electrons. The lowest BCUT2D eigenvalue weighted by molar-refractivity contribution is 0.483. The average Bonchev–Trinajstić information content (AvgIpc) is 2.70. The van der Waals surface area contributed by atoms with Gasteiger partial charge in [-0.05, 0) is 76.9 Å². The van der Waals surface area contributed by atoms with Gasteiger partial charge in [0.15, 0.2) is 0 Å². The van der Waals surface area contributed by atoms with Crippen LogP contribution in [0.4, 0.5) is 17.1 Å². The summed E-state index contributed by atoms with van der Waals surface area (Å²) in [5.41, 5.74) is 10.8. The zero-order valence-corrected chi connectivity index (χ0v) is 16.4. The van der Waals surface area contributed by atoms with Crippen molar-refractivity contribution < 1.29 is 13.0 Å². The number of nitrogen functional groups attached to an aromatic ring is 1. The fourth-order valence-corrected chi connectivity index (χ4v) is 3.72. The topological polar surface area (TPSA) is 92.4 Å². The summed E-state index contributed by atoms with van der Waals surface area (Å²) in [6.45, 7) is 0. The second-order valence-corrected chi connectivity index (χ2v) is 8.36. The molecule has 0 spiro atoms. The monoisotopic (exact) mass is 404 g/mol. The predicted octanol–water partition coefficient (Wildman–Crippen LogP) is 5.00. The Labute approximate surface area is 169 Å². The predicted molar refractivity (Wildman–Crippen MR) is 117 cm³/mol. The number of hydrogen-bond donors (Lipinski definition) is 3. The second-order valence-electron chi connectivity index (χ2n) is 6.94. The van der Waals surface area contributed by atoms with Crippen LogP contribution in [0.25, 0.3) is 10.8 Å². The summed E-state index contributed by atoms with van der Waals surface area (Å²) >= 11 is 0. The molecule has 146 valence electrons. The molecule has 0 unspecified atom stereocenters. The van der Waals surface area contributed by atoms with E-state index >= 15 is 0 Å². The van der Waals surface area contributed by atoms with E-state index in [1.165, 1.54) is 23.3 Å². The van der Waals surface area contributed by atoms with Crippen LogP contribution >= 0.6 is 0 Å². The first-order valence-electron chi connectivity index (χ1n) is 9.08. The summed E-state index contributed by atoms with van der Waals surface area (Å²) in [6.07, 6.45) is 0.840. The Morgan fingerprint density at radius 1 is 0.724 bits per heavy atom. The standard InChI is InChI=1S/C23H20N2O3S/c24-20-7-1-16(2-8-20)13-17-3-9-21(10-4-17)25-22-11-5-19-15-23(29(26,27)28)12-6-18(19)14-22/h1-12,14-15,25H,13,24H2,(H,26,27,28). The van der Waals surface area contributed by atoms with Gasteiger partial charge in [-0.3, -0.25) is 4.55 Å². The number of rotatable bonds is 5. The Bertz CT molecular complexity index is 1270. The molecule has 0 atom stereocenters. The normalized spacial score (nSPS) is 11.5. The fraction of sp³-hybridized carbons (Fsp3) is 0.0435. The highest BCUT2D eigenvalue weighted by Gasteiger charge is 2.10. The molecule has 4 aromatic rings. The highest BCUT2D eigenvalue weighted by molar-refractivity contribution is 7.85. The van der Waals surface area contributed by atoms with Crippen LogP contribution in [-0.4, -0.2) is 13.0 Å². The van der Waals surface area contributed by atoms with E-state index in [0.717, 1.165) is 34.3 Å². The van der Waals surface area contributed by atoms with Crippen molar-refractivity contribution in [3.8, 4) is 0 Å². The molecular formula is C23H20N2O3S. The molecule has 0 saturated carbocycles. The van der Waals surface area contributed by atoms with Crippen molar-refractivity contribution in [2.45, 2.75) is 11.3 Å². The fourth-order valence-electron chi connectivity index (χ4n) is 3.21. The van der Waals surface area contributed by atoms with Crippen LogP contribution in [0, 0.1) is 0 Å². The molecule has 0 fully saturated rings. The molecule has 0 bridgehead atoms. The third kappa shape index (κ3) is 4.56. The van der Waals surface area contributed by atoms with E-state index in [-0.39, 0.29) is 4.90 Å². The van der Waals surface area contributed by atoms with Crippen molar-refractivity contribution in [2.24, 2.45) is 0 Å². The van der Waals surface area contributed by atoms with Crippen LogP contribution in [0.5, 0.6) is 0 Å². The van der Waals surface area contributed by atoms with Crippen LogP contribution < -0.4 is 11.1 Å². The van der Waals surface area contributed by atoms with Crippen molar-refractivity contribution in [2.75, 3.05) is 11.1 Å². The number of benzene rings is 4. The maximum absolute atomic E-state index is 11.3. The van der Waals surface area contributed by atoms with Crippen molar-refractivity contribution in [3.63, 3.8) is 0 Å². The van der Waals surface area contributed by atoms with Crippen LogP contribution in [0.1, 0.15) is 11.1 Å². The summed E-state index contributed by atoms with van der Waals surface area (Å²) in [5, 5.41) is 4.97. The maximum Gasteiger partial charge on any atom is 0.294 e. The molecule has 0 aliphatic rings. The van der Waals surface area contributed by atoms with Gasteiger partial charge < -0.3 is 11.1 Å². The summed E-state index contributed by atoms with van der Waals surface area (Å²) in [6, 6.07) is 26.3. The van der Waals surface area contributed by atoms with Gasteiger partial charge in [0.2, 0.25) is 0 Å². The van der Waals surface area contributed by atoms with Gasteiger partial charge in [0.1, 0.15) is 0 Å². The minimum absolute atomic E-state index is 0.109. The van der Waals surface area contributed by atoms with Crippen LogP contribution in [0.2, 0.25) is 0 Å². The van der Waals surface area contributed by atoms with Crippen LogP contribution in [-0.2, 0) is 16.5 Å². The molecule has 4 aromatic carbocycles. The van der Waals surface area contributed by atoms with E-state index in [2.05, 4.69) is 17.4 Å². The lowest BCUT2D eigenvalue weighted by Gasteiger charge is -2.10. The van der Waals surface area contributed by atoms with Gasteiger partial charge in [0.25, 0.3) is 10.1 Å². The first-order chi connectivity index (χ1) is 13.9. The van der Waals surface area contributed by atoms with Gasteiger partial charge in [0, 0.05) is 17.1 Å². The zero-order valence-electron chi connectivity index (χ0n) is 15.5. The van der Waals surface area contributed by atoms with Crippen LogP contribution in [0.3, 0.4) is 0 Å². The van der Waals surface area contributed by atoms with E-state index in [4.69, 9.17) is 5.73 Å². The van der Waals surface area contributed by atoms with Crippen molar-refractivity contribution in [1.82, 2.24) is 0 Å². The SMILES string of the molecule is Nc1ccc(Cc2ccc(Nc3ccc4cc(S(=O)(=O)O)ccc4c3)cc2)cc1. The van der Waals surface area contributed by atoms with E-state index in [0.29, 0.717) is 0 Å². The quantitative estimate of drug-likeness (QED) is 0.321. The molecule has 5 nitrogen and oxygen atoms in total. The Balaban J connectivity index is 1.49. The lowest BCUT2D eigenvalue weighted by Crippen LogP contribution is -1.97. The minimum Gasteiger partial charge on any atom is -0.399 e. The van der Waals surface area contributed by atoms with Crippen molar-refractivity contribution in [1.29, 1.82) is 0 Å². The Morgan fingerprint density at radius 2 is 1.28 bits per heavy atom. The Kier molecular flexibility index (Phi) is 4.96. The van der Waals surface area contributed by atoms with E-state index in [1.807, 2.05) is 54.6 Å². The molecule has 0 aliphatic heterocycles. The van der Waals surface area contributed by atoms with Gasteiger partial charge in [0.05, 0.1) is 4.90 Å². The number of hydrogen-bond acceptors (Lipinski definition) is 4. The Hall–Kier alpha value is -3.35. The van der Waals surface area contributed by atoms with E-state index in [1.54, 1.807) is 6.07 Å². The Morgan fingerprint density at radius 3 is 1.93 bits per heavy atom. The molecule has 6 heteroatoms. The number of anilines is 3. The number of fused-ring (bicyclic) bond motifs is 1. The first kappa shape index (κ1) is 19.0. The summed E-state index contributed by atoms with van der Waals surface area (Å²) in [5.74, 6) is 0. The van der Waals surface area contributed by atoms with Gasteiger partial charge >= 0.3 is 0 Å². The highest BCUT2D eigenvalue weighted by atomic mass is 32.2. The van der Waals surface area contributed by atoms with E-state index < -0.39 is 10.1 Å². The number of nitrogens with one attached hydrogen (secondary N) is 1. The molecule has 0 aliphatic carbocycles. The number of nitrogens with two attached hydrogens (primary N) is 1. The zero-order chi connectivity index (χ0) is 20.4. The molecule has 0 saturated heterocycles. The lowest BCUT2D eigenvalue weighted by atomic mass is 10.0. The van der Waals surface area contributed by atoms with Crippen LogP contribution in [0.15, 0.2) is 89.8 Å². The average molecular weight is 404 g/mol. The van der Waals surface area contributed by atoms with Gasteiger partial charge in [-0.15, -0.1) is 0 Å². The smallest absolute Gasteiger partial charge is 0.294 e. The summed E-state index contributed by atoms with van der Waals surface area (Å²) in [7, 11) is -4.20. The largest absolute Gasteiger partial charge is 0.399 e. The maximum atomic E-state index is 11.3. The minimum atomic E-state index is -4.20. The third-order valence-electron chi connectivity index (χ3n) is 4.74. The molecule has 4 N–H and O–H groups in total. The van der Waals surface area contributed by atoms with Gasteiger partial charge in [-0.25, -0.2) is 0 Å². The van der Waals surface area contributed by atoms with Crippen molar-refractivity contribution in [3.05, 3.63) is 96.1 Å². The highest BCUT2D eigenvalue weighted by Crippen LogP contribution is 2.25. The van der Waals surface area contributed by atoms with Gasteiger partial charge in [-0.2, -0.15) is 8.42 Å². The molecule has 0 heterocycles. The van der Waals surface area contributed by atoms with E-state index in [9.17, 15) is 13.0 Å². The second kappa shape index (κ2) is 7.58. The van der Waals surface area contributed by atoms with Crippen molar-refractivity contribution >= 4 is 38.0 Å².